The van der Waals surface area contributed by atoms with E-state index in [9.17, 15) is 9.90 Å². The normalized spacial score (nSPS) is 17.6. The van der Waals surface area contributed by atoms with E-state index >= 15 is 0 Å². The Morgan fingerprint density at radius 3 is 2.67 bits per heavy atom. The van der Waals surface area contributed by atoms with Crippen molar-refractivity contribution in [1.29, 1.82) is 0 Å². The van der Waals surface area contributed by atoms with Gasteiger partial charge in [-0.3, -0.25) is 4.79 Å². The number of phenols is 1. The number of phenolic OH excluding ortho intramolecular Hbond substituents is 1. The van der Waals surface area contributed by atoms with Crippen molar-refractivity contribution < 1.29 is 14.6 Å². The van der Waals surface area contributed by atoms with E-state index in [2.05, 4.69) is 5.32 Å². The van der Waals surface area contributed by atoms with Crippen molar-refractivity contribution in [2.24, 2.45) is 0 Å². The van der Waals surface area contributed by atoms with E-state index < -0.39 is 0 Å². The lowest BCUT2D eigenvalue weighted by Crippen LogP contribution is -2.34. The zero-order chi connectivity index (χ0) is 14.7. The highest BCUT2D eigenvalue weighted by molar-refractivity contribution is 5.95. The number of carbonyl (C=O) groups is 1. The van der Waals surface area contributed by atoms with Gasteiger partial charge in [0.15, 0.2) is 0 Å². The van der Waals surface area contributed by atoms with Crippen LogP contribution in [0.1, 0.15) is 16.8 Å². The van der Waals surface area contributed by atoms with Crippen molar-refractivity contribution in [3.05, 3.63) is 54.1 Å². The molecule has 2 N–H and O–H groups in total. The van der Waals surface area contributed by atoms with Crippen LogP contribution in [-0.4, -0.2) is 30.3 Å². The summed E-state index contributed by atoms with van der Waals surface area (Å²) < 4.78 is 5.26. The molecule has 1 atom stereocenters. The minimum atomic E-state index is -0.0777. The molecule has 108 valence electrons. The number of benzene rings is 2. The first-order valence-electron chi connectivity index (χ1n) is 7.00. The van der Waals surface area contributed by atoms with Crippen LogP contribution in [-0.2, 0) is 4.74 Å². The molecule has 4 nitrogen and oxygen atoms in total. The topological polar surface area (TPSA) is 58.6 Å². The van der Waals surface area contributed by atoms with Crippen LogP contribution in [0.2, 0.25) is 0 Å². The molecular weight excluding hydrogens is 266 g/mol. The molecule has 1 aliphatic rings. The molecule has 1 heterocycles. The van der Waals surface area contributed by atoms with Gasteiger partial charge in [-0.1, -0.05) is 24.3 Å². The Kier molecular flexibility index (Phi) is 3.88. The molecule has 0 saturated carbocycles. The van der Waals surface area contributed by atoms with Crippen molar-refractivity contribution >= 4 is 5.91 Å². The number of carbonyl (C=O) groups excluding carboxylic acids is 1. The van der Waals surface area contributed by atoms with E-state index in [1.54, 1.807) is 18.2 Å². The zero-order valence-corrected chi connectivity index (χ0v) is 11.6. The number of aromatic hydroxyl groups is 1. The quantitative estimate of drug-likeness (QED) is 0.910. The fourth-order valence-corrected chi connectivity index (χ4v) is 2.41. The van der Waals surface area contributed by atoms with Crippen LogP contribution in [0.4, 0.5) is 0 Å². The van der Waals surface area contributed by atoms with E-state index in [0.717, 1.165) is 17.5 Å². The predicted molar refractivity (Wildman–Crippen MR) is 80.2 cm³/mol. The molecule has 1 unspecified atom stereocenters. The summed E-state index contributed by atoms with van der Waals surface area (Å²) in [6, 6.07) is 14.5. The third-order valence-corrected chi connectivity index (χ3v) is 3.59. The van der Waals surface area contributed by atoms with E-state index in [0.29, 0.717) is 18.8 Å². The lowest BCUT2D eigenvalue weighted by atomic mass is 10.0. The van der Waals surface area contributed by atoms with Gasteiger partial charge in [-0.25, -0.2) is 0 Å². The summed E-state index contributed by atoms with van der Waals surface area (Å²) in [4.78, 5) is 12.2. The molecule has 1 saturated heterocycles. The Balaban J connectivity index is 1.79. The van der Waals surface area contributed by atoms with E-state index in [1.807, 2.05) is 30.3 Å². The van der Waals surface area contributed by atoms with Gasteiger partial charge in [0.1, 0.15) is 5.75 Å². The van der Waals surface area contributed by atoms with Crippen molar-refractivity contribution in [3.63, 3.8) is 0 Å². The number of rotatable bonds is 3. The first kappa shape index (κ1) is 13.6. The van der Waals surface area contributed by atoms with E-state index in [-0.39, 0.29) is 17.7 Å². The van der Waals surface area contributed by atoms with Crippen molar-refractivity contribution in [2.75, 3.05) is 13.2 Å². The summed E-state index contributed by atoms with van der Waals surface area (Å²) in [6.45, 7) is 1.29. The minimum absolute atomic E-state index is 0.0777. The molecule has 2 aromatic rings. The van der Waals surface area contributed by atoms with Crippen LogP contribution in [0.25, 0.3) is 11.1 Å². The van der Waals surface area contributed by atoms with Crippen LogP contribution in [0.3, 0.4) is 0 Å². The molecule has 0 radical (unpaired) electrons. The van der Waals surface area contributed by atoms with Crippen LogP contribution < -0.4 is 5.32 Å². The van der Waals surface area contributed by atoms with Gasteiger partial charge in [-0.05, 0) is 41.8 Å². The van der Waals surface area contributed by atoms with Crippen molar-refractivity contribution in [2.45, 2.75) is 12.5 Å². The average molecular weight is 283 g/mol. The standard InChI is InChI=1S/C17H17NO3/c19-16-6-4-12(5-7-16)13-2-1-3-14(10-13)17(20)18-15-8-9-21-11-15/h1-7,10,15,19H,8-9,11H2,(H,18,20). The highest BCUT2D eigenvalue weighted by Gasteiger charge is 2.18. The van der Waals surface area contributed by atoms with Crippen molar-refractivity contribution in [3.8, 4) is 16.9 Å². The van der Waals surface area contributed by atoms with E-state index in [4.69, 9.17) is 4.74 Å². The summed E-state index contributed by atoms with van der Waals surface area (Å²) in [5.41, 5.74) is 2.55. The molecule has 0 aliphatic carbocycles. The smallest absolute Gasteiger partial charge is 0.251 e. The number of hydrogen-bond donors (Lipinski definition) is 2. The SMILES string of the molecule is O=C(NC1CCOC1)c1cccc(-c2ccc(O)cc2)c1. The molecule has 0 bridgehead atoms. The van der Waals surface area contributed by atoms with E-state index in [1.165, 1.54) is 0 Å². The Bertz CT molecular complexity index is 631. The van der Waals surface area contributed by atoms with Gasteiger partial charge in [-0.2, -0.15) is 0 Å². The summed E-state index contributed by atoms with van der Waals surface area (Å²) in [5, 5.41) is 12.3. The van der Waals surface area contributed by atoms with Crippen LogP contribution in [0, 0.1) is 0 Å². The number of amides is 1. The Morgan fingerprint density at radius 2 is 1.95 bits per heavy atom. The number of hydrogen-bond acceptors (Lipinski definition) is 3. The van der Waals surface area contributed by atoms with Gasteiger partial charge in [0.05, 0.1) is 12.6 Å². The molecular formula is C17H17NO3. The van der Waals surface area contributed by atoms with Crippen molar-refractivity contribution in [1.82, 2.24) is 5.32 Å². The first-order chi connectivity index (χ1) is 10.2. The second-order valence-corrected chi connectivity index (χ2v) is 5.16. The first-order valence-corrected chi connectivity index (χ1v) is 7.00. The molecule has 21 heavy (non-hydrogen) atoms. The third kappa shape index (κ3) is 3.23. The Labute approximate surface area is 123 Å². The zero-order valence-electron chi connectivity index (χ0n) is 11.6. The Morgan fingerprint density at radius 1 is 1.14 bits per heavy atom. The summed E-state index contributed by atoms with van der Waals surface area (Å²) in [7, 11) is 0. The van der Waals surface area contributed by atoms with Crippen LogP contribution >= 0.6 is 0 Å². The monoisotopic (exact) mass is 283 g/mol. The summed E-state index contributed by atoms with van der Waals surface area (Å²) in [5.74, 6) is 0.153. The molecule has 1 amide bonds. The molecule has 1 aliphatic heterocycles. The second-order valence-electron chi connectivity index (χ2n) is 5.16. The molecule has 0 spiro atoms. The minimum Gasteiger partial charge on any atom is -0.508 e. The van der Waals surface area contributed by atoms with Gasteiger partial charge in [0.2, 0.25) is 0 Å². The fourth-order valence-electron chi connectivity index (χ4n) is 2.41. The second kappa shape index (κ2) is 5.97. The fraction of sp³-hybridized carbons (Fsp3) is 0.235. The maximum atomic E-state index is 12.2. The molecule has 2 aromatic carbocycles. The number of nitrogens with one attached hydrogen (secondary N) is 1. The lowest BCUT2D eigenvalue weighted by Gasteiger charge is -2.11. The van der Waals surface area contributed by atoms with Crippen LogP contribution in [0.15, 0.2) is 48.5 Å². The van der Waals surface area contributed by atoms with Gasteiger partial charge >= 0.3 is 0 Å². The van der Waals surface area contributed by atoms with Gasteiger partial charge in [-0.15, -0.1) is 0 Å². The largest absolute Gasteiger partial charge is 0.508 e. The molecule has 0 aromatic heterocycles. The maximum Gasteiger partial charge on any atom is 0.251 e. The lowest BCUT2D eigenvalue weighted by molar-refractivity contribution is 0.0930. The number of ether oxygens (including phenoxy) is 1. The average Bonchev–Trinajstić information content (AvgIpc) is 3.01. The Hall–Kier alpha value is -2.33. The molecule has 1 fully saturated rings. The predicted octanol–water partition coefficient (Wildman–Crippen LogP) is 2.58. The highest BCUT2D eigenvalue weighted by atomic mass is 16.5. The van der Waals surface area contributed by atoms with Gasteiger partial charge in [0, 0.05) is 12.2 Å². The summed E-state index contributed by atoms with van der Waals surface area (Å²) in [6.07, 6.45) is 0.864. The van der Waals surface area contributed by atoms with Crippen LogP contribution in [0.5, 0.6) is 5.75 Å². The highest BCUT2D eigenvalue weighted by Crippen LogP contribution is 2.22. The third-order valence-electron chi connectivity index (χ3n) is 3.59. The van der Waals surface area contributed by atoms with Gasteiger partial charge in [0.25, 0.3) is 5.91 Å². The van der Waals surface area contributed by atoms with Gasteiger partial charge < -0.3 is 15.2 Å². The molecule has 4 heteroatoms. The summed E-state index contributed by atoms with van der Waals surface area (Å²) >= 11 is 0. The maximum absolute atomic E-state index is 12.2. The molecule has 3 rings (SSSR count).